The summed E-state index contributed by atoms with van der Waals surface area (Å²) in [5.41, 5.74) is 27.6. The molecule has 0 saturated carbocycles. The van der Waals surface area contributed by atoms with Gasteiger partial charge in [0.1, 0.15) is 0 Å². The molecule has 456 valence electrons. The Morgan fingerprint density at radius 3 is 0.724 bits per heavy atom. The van der Waals surface area contributed by atoms with Crippen LogP contribution in [0.1, 0.15) is 0 Å². The topological polar surface area (TPSA) is 19.4 Å². The third-order valence-electron chi connectivity index (χ3n) is 20.6. The van der Waals surface area contributed by atoms with Crippen LogP contribution in [0.15, 0.2) is 364 Å². The van der Waals surface area contributed by atoms with Crippen LogP contribution >= 0.6 is 0 Å². The number of anilines is 18. The fraction of sp³-hybridized carbons (Fsp3) is 0. The van der Waals surface area contributed by atoms with Crippen molar-refractivity contribution in [3.05, 3.63) is 364 Å². The van der Waals surface area contributed by atoms with E-state index >= 15 is 0 Å². The van der Waals surface area contributed by atoms with Crippen LogP contribution in [-0.2, 0) is 0 Å². The van der Waals surface area contributed by atoms with Gasteiger partial charge in [0.05, 0.1) is 11.4 Å². The van der Waals surface area contributed by atoms with Crippen LogP contribution in [0.3, 0.4) is 0 Å². The summed E-state index contributed by atoms with van der Waals surface area (Å²) in [5.74, 6) is 0. The average molecular weight is 1250 g/mol. The Kier molecular flexibility index (Phi) is 12.7. The molecule has 0 aliphatic carbocycles. The maximum Gasteiger partial charge on any atom is 0.252 e. The van der Waals surface area contributed by atoms with Crippen molar-refractivity contribution in [2.24, 2.45) is 0 Å². The molecule has 0 N–H and O–H groups in total. The molecule has 6 nitrogen and oxygen atoms in total. The molecule has 4 heterocycles. The molecular weight excluding hydrogens is 1190 g/mol. The molecule has 0 spiro atoms. The van der Waals surface area contributed by atoms with Gasteiger partial charge in [0.2, 0.25) is 0 Å². The average Bonchev–Trinajstić information content (AvgIpc) is 0.691. The fourth-order valence-corrected chi connectivity index (χ4v) is 16.7. The smallest absolute Gasteiger partial charge is 0.252 e. The van der Waals surface area contributed by atoms with E-state index in [0.29, 0.717) is 0 Å². The van der Waals surface area contributed by atoms with Crippen LogP contribution in [-0.4, -0.2) is 13.4 Å². The highest BCUT2D eigenvalue weighted by Gasteiger charge is 2.47. The standard InChI is InChI=1S/C90H60B2N6/c1-9-31-61(32-10-1)93(62-33-11-2-12-34-62)69-53-85-89-87(55-69)97(67-43-21-7-22-44-67)83-59-75-73(57-79(83)91(89)77-49-27-29-51-81(77)95(85)65-39-17-5-18-40-65)71-47-25-26-48-72(71)74-58-80-84(60-76(74)75)98(68-45-23-8-24-46-68)88-56-70(94(63-35-13-3-14-36-63)64-37-15-4-16-38-64)54-86-90(88)92(80)78-50-28-30-52-82(78)96(86)66-41-19-6-20-42-66/h1-60H. The predicted molar refractivity (Wildman–Crippen MR) is 416 cm³/mol. The van der Waals surface area contributed by atoms with Gasteiger partial charge in [-0.25, -0.2) is 0 Å². The van der Waals surface area contributed by atoms with Gasteiger partial charge in [-0.15, -0.1) is 0 Å². The molecule has 0 atom stereocenters. The van der Waals surface area contributed by atoms with E-state index in [9.17, 15) is 0 Å². The molecule has 0 radical (unpaired) electrons. The normalized spacial score (nSPS) is 13.0. The lowest BCUT2D eigenvalue weighted by Gasteiger charge is -2.45. The molecule has 4 aliphatic rings. The van der Waals surface area contributed by atoms with Crippen LogP contribution in [0.4, 0.5) is 102 Å². The van der Waals surface area contributed by atoms with Gasteiger partial charge in [-0.3, -0.25) is 0 Å². The second-order valence-corrected chi connectivity index (χ2v) is 25.9. The highest BCUT2D eigenvalue weighted by Crippen LogP contribution is 2.53. The van der Waals surface area contributed by atoms with Gasteiger partial charge in [0, 0.05) is 91.0 Å². The molecule has 0 amide bonds. The summed E-state index contributed by atoms with van der Waals surface area (Å²) in [4.78, 5) is 15.0. The van der Waals surface area contributed by atoms with Gasteiger partial charge in [-0.1, -0.05) is 218 Å². The third kappa shape index (κ3) is 8.57. The minimum absolute atomic E-state index is 0.133. The van der Waals surface area contributed by atoms with E-state index in [1.807, 2.05) is 0 Å². The first-order valence-electron chi connectivity index (χ1n) is 33.9. The van der Waals surface area contributed by atoms with Gasteiger partial charge >= 0.3 is 0 Å². The molecule has 0 unspecified atom stereocenters. The van der Waals surface area contributed by atoms with E-state index in [1.165, 1.54) is 76.5 Å². The summed E-state index contributed by atoms with van der Waals surface area (Å²) in [5, 5.41) is 7.28. The summed E-state index contributed by atoms with van der Waals surface area (Å²) in [7, 11) is 0. The lowest BCUT2D eigenvalue weighted by atomic mass is 9.33. The number of rotatable bonds is 10. The van der Waals surface area contributed by atoms with Crippen molar-refractivity contribution in [3.63, 3.8) is 0 Å². The lowest BCUT2D eigenvalue weighted by Crippen LogP contribution is -2.61. The number of hydrogen-bond acceptors (Lipinski definition) is 6. The number of fused-ring (bicyclic) bond motifs is 14. The molecule has 16 aromatic rings. The Morgan fingerprint density at radius 1 is 0.173 bits per heavy atom. The van der Waals surface area contributed by atoms with Gasteiger partial charge < -0.3 is 29.4 Å². The number of nitrogens with zero attached hydrogens (tertiary/aromatic N) is 6. The molecule has 0 fully saturated rings. The SMILES string of the molecule is c1ccc(N(c2ccccc2)c2cc3c4c(c2)N(c2ccccc2)c2cc5c(cc2B4c2ccccc2N3c2ccccc2)c2ccccc2c2cc3c(cc25)N(c2ccccc2)c2cc(N(c4ccccc4)c4ccccc4)cc4c2B3c2ccccc2N4c2ccccc2)cc1. The Hall–Kier alpha value is -12.8. The van der Waals surface area contributed by atoms with Gasteiger partial charge in [0.15, 0.2) is 0 Å². The van der Waals surface area contributed by atoms with Gasteiger partial charge in [0.25, 0.3) is 13.4 Å². The molecule has 8 heteroatoms. The van der Waals surface area contributed by atoms with Crippen LogP contribution < -0.4 is 62.2 Å². The Labute approximate surface area is 570 Å². The monoisotopic (exact) mass is 1250 g/mol. The number of benzene rings is 16. The van der Waals surface area contributed by atoms with E-state index < -0.39 is 0 Å². The number of para-hydroxylation sites is 10. The maximum atomic E-state index is 2.59. The quantitative estimate of drug-likeness (QED) is 0.0997. The van der Waals surface area contributed by atoms with Crippen molar-refractivity contribution < 1.29 is 0 Å². The van der Waals surface area contributed by atoms with E-state index in [0.717, 1.165) is 91.0 Å². The molecular formula is C90H60B2N6. The zero-order valence-electron chi connectivity index (χ0n) is 53.5. The first kappa shape index (κ1) is 55.7. The second kappa shape index (κ2) is 22.4. The summed E-state index contributed by atoms with van der Waals surface area (Å²) in [6, 6.07) is 135. The molecule has 20 rings (SSSR count). The Balaban J connectivity index is 0.897. The first-order valence-corrected chi connectivity index (χ1v) is 33.9. The summed E-state index contributed by atoms with van der Waals surface area (Å²) in [6.45, 7) is -0.266. The highest BCUT2D eigenvalue weighted by molar-refractivity contribution is 7.01. The maximum absolute atomic E-state index is 2.59. The zero-order valence-corrected chi connectivity index (χ0v) is 53.5. The first-order chi connectivity index (χ1) is 48.7. The highest BCUT2D eigenvalue weighted by atomic mass is 15.2. The fourth-order valence-electron chi connectivity index (χ4n) is 16.7. The lowest BCUT2D eigenvalue weighted by molar-refractivity contribution is 1.23. The van der Waals surface area contributed by atoms with Crippen LogP contribution in [0.2, 0.25) is 0 Å². The molecule has 0 bridgehead atoms. The summed E-state index contributed by atoms with van der Waals surface area (Å²) < 4.78 is 0. The zero-order chi connectivity index (χ0) is 64.4. The van der Waals surface area contributed by atoms with Crippen LogP contribution in [0, 0.1) is 0 Å². The largest absolute Gasteiger partial charge is 0.311 e. The Morgan fingerprint density at radius 2 is 0.418 bits per heavy atom. The third-order valence-corrected chi connectivity index (χ3v) is 20.6. The van der Waals surface area contributed by atoms with Crippen molar-refractivity contribution in [2.45, 2.75) is 0 Å². The van der Waals surface area contributed by atoms with Crippen molar-refractivity contribution in [1.82, 2.24) is 0 Å². The van der Waals surface area contributed by atoms with E-state index in [4.69, 9.17) is 0 Å². The number of hydrogen-bond donors (Lipinski definition) is 0. The van der Waals surface area contributed by atoms with Crippen molar-refractivity contribution in [1.29, 1.82) is 0 Å². The van der Waals surface area contributed by atoms with E-state index in [1.54, 1.807) is 0 Å². The summed E-state index contributed by atoms with van der Waals surface area (Å²) in [6.07, 6.45) is 0. The molecule has 0 saturated heterocycles. The van der Waals surface area contributed by atoms with Gasteiger partial charge in [-0.2, -0.15) is 0 Å². The van der Waals surface area contributed by atoms with E-state index in [2.05, 4.69) is 393 Å². The van der Waals surface area contributed by atoms with Gasteiger partial charge in [-0.05, 0) is 211 Å². The predicted octanol–water partition coefficient (Wildman–Crippen LogP) is 20.3. The van der Waals surface area contributed by atoms with Crippen molar-refractivity contribution in [3.8, 4) is 0 Å². The molecule has 98 heavy (non-hydrogen) atoms. The molecule has 4 aliphatic heterocycles. The van der Waals surface area contributed by atoms with E-state index in [-0.39, 0.29) is 13.4 Å². The Bertz CT molecular complexity index is 5350. The van der Waals surface area contributed by atoms with Crippen molar-refractivity contribution in [2.75, 3.05) is 29.4 Å². The molecule has 0 aromatic heterocycles. The molecule has 16 aromatic carbocycles. The van der Waals surface area contributed by atoms with Crippen LogP contribution in [0.5, 0.6) is 0 Å². The minimum atomic E-state index is -0.133. The van der Waals surface area contributed by atoms with Crippen molar-refractivity contribution >= 4 is 181 Å². The van der Waals surface area contributed by atoms with Crippen LogP contribution in [0.25, 0.3) is 32.3 Å². The minimum Gasteiger partial charge on any atom is -0.311 e. The summed E-state index contributed by atoms with van der Waals surface area (Å²) >= 11 is 0. The second-order valence-electron chi connectivity index (χ2n) is 25.9.